The van der Waals surface area contributed by atoms with Gasteiger partial charge in [-0.2, -0.15) is 0 Å². The van der Waals surface area contributed by atoms with Gasteiger partial charge in [0.2, 0.25) is 0 Å². The molecule has 0 saturated carbocycles. The SMILES string of the molecule is CC(C)CC1CCN(c2ccc(C(=S)C(C)C)cc2)CC1. The first-order chi connectivity index (χ1) is 9.97. The molecule has 0 unspecified atom stereocenters. The molecule has 2 rings (SSSR count). The van der Waals surface area contributed by atoms with Gasteiger partial charge in [-0.25, -0.2) is 0 Å². The highest BCUT2D eigenvalue weighted by Crippen LogP contribution is 2.27. The third kappa shape index (κ3) is 4.54. The summed E-state index contributed by atoms with van der Waals surface area (Å²) >= 11 is 5.49. The van der Waals surface area contributed by atoms with Crippen molar-refractivity contribution in [3.05, 3.63) is 29.8 Å². The second-order valence-corrected chi connectivity index (χ2v) is 7.57. The van der Waals surface area contributed by atoms with Crippen molar-refractivity contribution in [1.29, 1.82) is 0 Å². The van der Waals surface area contributed by atoms with Crippen LogP contribution in [0.3, 0.4) is 0 Å². The molecule has 1 aromatic rings. The molecule has 1 aromatic carbocycles. The molecule has 0 amide bonds. The number of anilines is 1. The highest BCUT2D eigenvalue weighted by Gasteiger charge is 2.20. The predicted octanol–water partition coefficient (Wildman–Crippen LogP) is 5.32. The molecule has 1 saturated heterocycles. The normalized spacial score (nSPS) is 16.8. The van der Waals surface area contributed by atoms with E-state index in [0.29, 0.717) is 5.92 Å². The molecule has 1 fully saturated rings. The van der Waals surface area contributed by atoms with Gasteiger partial charge in [0.15, 0.2) is 0 Å². The molecule has 0 spiro atoms. The molecule has 0 aromatic heterocycles. The lowest BCUT2D eigenvalue weighted by Crippen LogP contribution is -2.34. The molecule has 0 radical (unpaired) electrons. The second-order valence-electron chi connectivity index (χ2n) is 7.13. The molecular formula is C19H29NS. The van der Waals surface area contributed by atoms with Crippen LogP contribution in [0.5, 0.6) is 0 Å². The van der Waals surface area contributed by atoms with E-state index >= 15 is 0 Å². The molecule has 1 aliphatic heterocycles. The van der Waals surface area contributed by atoms with Gasteiger partial charge in [-0.15, -0.1) is 0 Å². The Balaban J connectivity index is 1.93. The molecule has 0 atom stereocenters. The van der Waals surface area contributed by atoms with Gasteiger partial charge >= 0.3 is 0 Å². The van der Waals surface area contributed by atoms with Crippen LogP contribution < -0.4 is 4.90 Å². The molecule has 0 bridgehead atoms. The Morgan fingerprint density at radius 2 is 1.67 bits per heavy atom. The van der Waals surface area contributed by atoms with E-state index in [-0.39, 0.29) is 0 Å². The summed E-state index contributed by atoms with van der Waals surface area (Å²) in [4.78, 5) is 3.59. The number of hydrogen-bond acceptors (Lipinski definition) is 2. The van der Waals surface area contributed by atoms with Gasteiger partial charge in [0.25, 0.3) is 0 Å². The van der Waals surface area contributed by atoms with Gasteiger partial charge in [-0.05, 0) is 54.7 Å². The summed E-state index contributed by atoms with van der Waals surface area (Å²) in [7, 11) is 0. The molecule has 1 heterocycles. The monoisotopic (exact) mass is 303 g/mol. The largest absolute Gasteiger partial charge is 0.372 e. The van der Waals surface area contributed by atoms with Crippen LogP contribution in [-0.2, 0) is 0 Å². The van der Waals surface area contributed by atoms with E-state index in [1.165, 1.54) is 43.6 Å². The average molecular weight is 304 g/mol. The highest BCUT2D eigenvalue weighted by molar-refractivity contribution is 7.80. The Hall–Kier alpha value is -0.890. The molecule has 116 valence electrons. The zero-order chi connectivity index (χ0) is 15.4. The third-order valence-electron chi connectivity index (χ3n) is 4.46. The first kappa shape index (κ1) is 16.5. The molecular weight excluding hydrogens is 274 g/mol. The van der Waals surface area contributed by atoms with E-state index in [1.807, 2.05) is 0 Å². The topological polar surface area (TPSA) is 3.24 Å². The summed E-state index contributed by atoms with van der Waals surface area (Å²) in [6.07, 6.45) is 4.06. The number of rotatable bonds is 5. The number of piperidine rings is 1. The number of hydrogen-bond donors (Lipinski definition) is 0. The molecule has 21 heavy (non-hydrogen) atoms. The second kappa shape index (κ2) is 7.40. The van der Waals surface area contributed by atoms with Crippen LogP contribution in [0.15, 0.2) is 24.3 Å². The quantitative estimate of drug-likeness (QED) is 0.535. The van der Waals surface area contributed by atoms with E-state index in [2.05, 4.69) is 56.9 Å². The minimum absolute atomic E-state index is 0.442. The van der Waals surface area contributed by atoms with E-state index < -0.39 is 0 Å². The van der Waals surface area contributed by atoms with E-state index in [9.17, 15) is 0 Å². The van der Waals surface area contributed by atoms with Crippen LogP contribution in [-0.4, -0.2) is 18.0 Å². The minimum Gasteiger partial charge on any atom is -0.372 e. The van der Waals surface area contributed by atoms with Crippen LogP contribution >= 0.6 is 12.2 Å². The van der Waals surface area contributed by atoms with E-state index in [0.717, 1.165) is 16.7 Å². The summed E-state index contributed by atoms with van der Waals surface area (Å²) in [6, 6.07) is 8.87. The Morgan fingerprint density at radius 1 is 1.10 bits per heavy atom. The predicted molar refractivity (Wildman–Crippen MR) is 97.4 cm³/mol. The lowest BCUT2D eigenvalue weighted by Gasteiger charge is -2.34. The van der Waals surface area contributed by atoms with E-state index in [1.54, 1.807) is 0 Å². The van der Waals surface area contributed by atoms with Gasteiger partial charge in [-0.3, -0.25) is 0 Å². The first-order valence-corrected chi connectivity index (χ1v) is 8.77. The summed E-state index contributed by atoms with van der Waals surface area (Å²) in [5, 5.41) is 0. The Bertz CT molecular complexity index is 453. The summed E-state index contributed by atoms with van der Waals surface area (Å²) in [5.74, 6) is 2.20. The van der Waals surface area contributed by atoms with Crippen LogP contribution in [0.25, 0.3) is 0 Å². The van der Waals surface area contributed by atoms with Crippen molar-refractivity contribution in [2.45, 2.75) is 47.0 Å². The van der Waals surface area contributed by atoms with E-state index in [4.69, 9.17) is 12.2 Å². The van der Waals surface area contributed by atoms with Gasteiger partial charge in [0.05, 0.1) is 0 Å². The molecule has 2 heteroatoms. The Kier molecular flexibility index (Phi) is 5.80. The number of benzene rings is 1. The molecule has 0 aliphatic carbocycles. The summed E-state index contributed by atoms with van der Waals surface area (Å²) in [6.45, 7) is 11.4. The van der Waals surface area contributed by atoms with Crippen molar-refractivity contribution >= 4 is 22.8 Å². The van der Waals surface area contributed by atoms with Crippen LogP contribution in [0, 0.1) is 17.8 Å². The fourth-order valence-corrected chi connectivity index (χ4v) is 3.40. The van der Waals surface area contributed by atoms with Gasteiger partial charge < -0.3 is 4.90 Å². The standard InChI is InChI=1S/C19H29NS/c1-14(2)13-16-9-11-20(12-10-16)18-7-5-17(6-8-18)19(21)15(3)4/h5-8,14-16H,9-13H2,1-4H3. The van der Waals surface area contributed by atoms with Crippen molar-refractivity contribution < 1.29 is 0 Å². The Labute approximate surface area is 135 Å². The fourth-order valence-electron chi connectivity index (χ4n) is 3.26. The van der Waals surface area contributed by atoms with Crippen LogP contribution in [0.4, 0.5) is 5.69 Å². The van der Waals surface area contributed by atoms with Gasteiger partial charge in [-0.1, -0.05) is 52.0 Å². The van der Waals surface area contributed by atoms with Crippen molar-refractivity contribution in [2.75, 3.05) is 18.0 Å². The lowest BCUT2D eigenvalue weighted by molar-refractivity contribution is 0.338. The zero-order valence-corrected chi connectivity index (χ0v) is 14.7. The first-order valence-electron chi connectivity index (χ1n) is 8.36. The van der Waals surface area contributed by atoms with Gasteiger partial charge in [0, 0.05) is 23.6 Å². The molecule has 0 N–H and O–H groups in total. The van der Waals surface area contributed by atoms with Crippen LogP contribution in [0.1, 0.15) is 52.5 Å². The minimum atomic E-state index is 0.442. The maximum absolute atomic E-state index is 5.49. The fraction of sp³-hybridized carbons (Fsp3) is 0.632. The van der Waals surface area contributed by atoms with Crippen molar-refractivity contribution in [3.63, 3.8) is 0 Å². The smallest absolute Gasteiger partial charge is 0.0366 e. The maximum Gasteiger partial charge on any atom is 0.0366 e. The molecule has 1 nitrogen and oxygen atoms in total. The van der Waals surface area contributed by atoms with Crippen molar-refractivity contribution in [1.82, 2.24) is 0 Å². The van der Waals surface area contributed by atoms with Crippen molar-refractivity contribution in [2.24, 2.45) is 17.8 Å². The number of nitrogens with zero attached hydrogens (tertiary/aromatic N) is 1. The lowest BCUT2D eigenvalue weighted by atomic mass is 9.88. The average Bonchev–Trinajstić information content (AvgIpc) is 2.47. The highest BCUT2D eigenvalue weighted by atomic mass is 32.1. The van der Waals surface area contributed by atoms with Crippen molar-refractivity contribution in [3.8, 4) is 0 Å². The third-order valence-corrected chi connectivity index (χ3v) is 5.17. The Morgan fingerprint density at radius 3 is 2.14 bits per heavy atom. The summed E-state index contributed by atoms with van der Waals surface area (Å²) < 4.78 is 0. The van der Waals surface area contributed by atoms with Crippen LogP contribution in [0.2, 0.25) is 0 Å². The molecule has 1 aliphatic rings. The number of thiocarbonyl (C=S) groups is 1. The maximum atomic E-state index is 5.49. The van der Waals surface area contributed by atoms with Gasteiger partial charge in [0.1, 0.15) is 0 Å². The zero-order valence-electron chi connectivity index (χ0n) is 13.9. The summed E-state index contributed by atoms with van der Waals surface area (Å²) in [5.41, 5.74) is 2.56.